The van der Waals surface area contributed by atoms with Crippen LogP contribution < -0.4 is 5.32 Å². The number of nitrogens with one attached hydrogen (secondary N) is 1. The lowest BCUT2D eigenvalue weighted by Gasteiger charge is -2.27. The van der Waals surface area contributed by atoms with Crippen molar-refractivity contribution in [3.63, 3.8) is 0 Å². The Balaban J connectivity index is 1.70. The Hall–Kier alpha value is -1.88. The first kappa shape index (κ1) is 12.2. The van der Waals surface area contributed by atoms with Crippen molar-refractivity contribution in [3.05, 3.63) is 34.9 Å². The number of ether oxygens (including phenoxy) is 1. The van der Waals surface area contributed by atoms with Crippen molar-refractivity contribution in [2.75, 3.05) is 26.2 Å². The second-order valence-electron chi connectivity index (χ2n) is 4.88. The fraction of sp³-hybridized carbons (Fsp3) is 0.429. The highest BCUT2D eigenvalue weighted by Crippen LogP contribution is 2.21. The summed E-state index contributed by atoms with van der Waals surface area (Å²) in [7, 11) is 0. The Morgan fingerprint density at radius 1 is 1.32 bits per heavy atom. The second-order valence-corrected chi connectivity index (χ2v) is 4.88. The molecule has 0 aromatic heterocycles. The zero-order chi connectivity index (χ0) is 13.2. The molecule has 19 heavy (non-hydrogen) atoms. The molecule has 2 aliphatic heterocycles. The second kappa shape index (κ2) is 5.01. The van der Waals surface area contributed by atoms with Gasteiger partial charge in [-0.25, -0.2) is 4.79 Å². The van der Waals surface area contributed by atoms with Crippen LogP contribution in [0.4, 0.5) is 0 Å². The predicted octanol–water partition coefficient (Wildman–Crippen LogP) is 0.331. The maximum absolute atomic E-state index is 12.1. The van der Waals surface area contributed by atoms with Crippen molar-refractivity contribution >= 4 is 11.9 Å². The molecule has 1 saturated heterocycles. The molecule has 2 aliphatic rings. The van der Waals surface area contributed by atoms with Crippen molar-refractivity contribution in [2.24, 2.45) is 0 Å². The molecule has 0 saturated carbocycles. The zero-order valence-electron chi connectivity index (χ0n) is 10.6. The van der Waals surface area contributed by atoms with Gasteiger partial charge in [-0.3, -0.25) is 4.79 Å². The summed E-state index contributed by atoms with van der Waals surface area (Å²) in [5.41, 5.74) is 2.45. The third-order valence-corrected chi connectivity index (χ3v) is 3.57. The lowest BCUT2D eigenvalue weighted by Crippen LogP contribution is -2.46. The first-order valence-corrected chi connectivity index (χ1v) is 6.51. The lowest BCUT2D eigenvalue weighted by molar-refractivity contribution is -0.131. The van der Waals surface area contributed by atoms with Gasteiger partial charge in [0, 0.05) is 31.7 Å². The third kappa shape index (κ3) is 2.46. The highest BCUT2D eigenvalue weighted by atomic mass is 16.5. The van der Waals surface area contributed by atoms with Crippen molar-refractivity contribution in [1.82, 2.24) is 10.2 Å². The van der Waals surface area contributed by atoms with Crippen LogP contribution in [0.15, 0.2) is 18.2 Å². The first-order chi connectivity index (χ1) is 9.24. The van der Waals surface area contributed by atoms with Gasteiger partial charge in [-0.05, 0) is 11.6 Å². The number of amides is 1. The Bertz CT molecular complexity index is 521. The highest BCUT2D eigenvalue weighted by Gasteiger charge is 2.22. The summed E-state index contributed by atoms with van der Waals surface area (Å²) in [5.74, 6) is -0.123. The standard InChI is InChI=1S/C14H16N2O3/c17-13(16-5-3-15-4-6-16)8-10-1-2-12-11(7-10)9-19-14(12)18/h1-2,7,15H,3-6,8-9H2. The normalized spacial score (nSPS) is 18.1. The van der Waals surface area contributed by atoms with Crippen LogP contribution in [0.2, 0.25) is 0 Å². The van der Waals surface area contributed by atoms with E-state index in [2.05, 4.69) is 5.32 Å². The molecule has 0 radical (unpaired) electrons. The van der Waals surface area contributed by atoms with Crippen LogP contribution in [-0.4, -0.2) is 43.0 Å². The van der Waals surface area contributed by atoms with Crippen LogP contribution in [0.25, 0.3) is 0 Å². The minimum absolute atomic E-state index is 0.145. The van der Waals surface area contributed by atoms with E-state index in [1.54, 1.807) is 6.07 Å². The maximum atomic E-state index is 12.1. The average molecular weight is 260 g/mol. The van der Waals surface area contributed by atoms with E-state index in [1.165, 1.54) is 0 Å². The number of nitrogens with zero attached hydrogens (tertiary/aromatic N) is 1. The molecule has 0 atom stereocenters. The van der Waals surface area contributed by atoms with E-state index < -0.39 is 0 Å². The minimum atomic E-state index is -0.269. The molecule has 3 rings (SSSR count). The molecule has 1 aromatic rings. The SMILES string of the molecule is O=C1OCc2cc(CC(=O)N3CCNCC3)ccc21. The van der Waals surface area contributed by atoms with E-state index in [4.69, 9.17) is 4.74 Å². The summed E-state index contributed by atoms with van der Waals surface area (Å²) < 4.78 is 4.96. The molecule has 1 fully saturated rings. The Labute approximate surface area is 111 Å². The molecule has 5 nitrogen and oxygen atoms in total. The van der Waals surface area contributed by atoms with E-state index >= 15 is 0 Å². The van der Waals surface area contributed by atoms with Crippen LogP contribution >= 0.6 is 0 Å². The predicted molar refractivity (Wildman–Crippen MR) is 68.7 cm³/mol. The minimum Gasteiger partial charge on any atom is -0.457 e. The van der Waals surface area contributed by atoms with Gasteiger partial charge in [0.25, 0.3) is 0 Å². The lowest BCUT2D eigenvalue weighted by atomic mass is 10.0. The van der Waals surface area contributed by atoms with Gasteiger partial charge in [0.15, 0.2) is 0 Å². The van der Waals surface area contributed by atoms with Crippen molar-refractivity contribution in [3.8, 4) is 0 Å². The fourth-order valence-electron chi connectivity index (χ4n) is 2.50. The molecule has 0 bridgehead atoms. The van der Waals surface area contributed by atoms with E-state index in [0.29, 0.717) is 18.6 Å². The molecule has 5 heteroatoms. The molecule has 0 spiro atoms. The molecule has 0 unspecified atom stereocenters. The number of hydrogen-bond donors (Lipinski definition) is 1. The van der Waals surface area contributed by atoms with E-state index in [1.807, 2.05) is 17.0 Å². The largest absolute Gasteiger partial charge is 0.457 e. The summed E-state index contributed by atoms with van der Waals surface area (Å²) in [6.45, 7) is 3.58. The van der Waals surface area contributed by atoms with Crippen LogP contribution in [0.3, 0.4) is 0 Å². The summed E-state index contributed by atoms with van der Waals surface area (Å²) in [4.78, 5) is 25.4. The Kier molecular flexibility index (Phi) is 3.21. The van der Waals surface area contributed by atoms with Gasteiger partial charge in [-0.2, -0.15) is 0 Å². The van der Waals surface area contributed by atoms with E-state index in [9.17, 15) is 9.59 Å². The van der Waals surface area contributed by atoms with Crippen LogP contribution in [0.1, 0.15) is 21.5 Å². The third-order valence-electron chi connectivity index (χ3n) is 3.57. The molecule has 0 aliphatic carbocycles. The number of carbonyl (C=O) groups is 2. The maximum Gasteiger partial charge on any atom is 0.338 e. The van der Waals surface area contributed by atoms with Gasteiger partial charge in [0.1, 0.15) is 6.61 Å². The van der Waals surface area contributed by atoms with E-state index in [0.717, 1.165) is 37.3 Å². The van der Waals surface area contributed by atoms with Gasteiger partial charge in [0.2, 0.25) is 5.91 Å². The van der Waals surface area contributed by atoms with Gasteiger partial charge < -0.3 is 15.0 Å². The number of benzene rings is 1. The number of esters is 1. The molecule has 1 N–H and O–H groups in total. The number of rotatable bonds is 2. The van der Waals surface area contributed by atoms with Gasteiger partial charge >= 0.3 is 5.97 Å². The van der Waals surface area contributed by atoms with E-state index in [-0.39, 0.29) is 11.9 Å². The first-order valence-electron chi connectivity index (χ1n) is 6.51. The molecular weight excluding hydrogens is 244 g/mol. The van der Waals surface area contributed by atoms with Gasteiger partial charge in [0.05, 0.1) is 12.0 Å². The Morgan fingerprint density at radius 3 is 2.89 bits per heavy atom. The summed E-state index contributed by atoms with van der Waals surface area (Å²) in [6, 6.07) is 5.50. The number of piperazine rings is 1. The van der Waals surface area contributed by atoms with Crippen molar-refractivity contribution < 1.29 is 14.3 Å². The number of fused-ring (bicyclic) bond motifs is 1. The average Bonchev–Trinajstić information content (AvgIpc) is 2.81. The van der Waals surface area contributed by atoms with Gasteiger partial charge in [-0.1, -0.05) is 12.1 Å². The summed E-state index contributed by atoms with van der Waals surface area (Å²) in [5, 5.41) is 3.22. The molecular formula is C14H16N2O3. The fourth-order valence-corrected chi connectivity index (χ4v) is 2.50. The topological polar surface area (TPSA) is 58.6 Å². The molecule has 2 heterocycles. The monoisotopic (exact) mass is 260 g/mol. The Morgan fingerprint density at radius 2 is 2.11 bits per heavy atom. The molecule has 1 aromatic carbocycles. The smallest absolute Gasteiger partial charge is 0.338 e. The highest BCUT2D eigenvalue weighted by molar-refractivity contribution is 5.93. The molecule has 1 amide bonds. The van der Waals surface area contributed by atoms with Crippen LogP contribution in [0.5, 0.6) is 0 Å². The number of carbonyl (C=O) groups excluding carboxylic acids is 2. The number of hydrogen-bond acceptors (Lipinski definition) is 4. The molecule has 100 valence electrons. The van der Waals surface area contributed by atoms with Crippen molar-refractivity contribution in [1.29, 1.82) is 0 Å². The summed E-state index contributed by atoms with van der Waals surface area (Å²) in [6.07, 6.45) is 0.390. The van der Waals surface area contributed by atoms with Crippen LogP contribution in [-0.2, 0) is 22.6 Å². The summed E-state index contributed by atoms with van der Waals surface area (Å²) >= 11 is 0. The van der Waals surface area contributed by atoms with Crippen molar-refractivity contribution in [2.45, 2.75) is 13.0 Å². The number of cyclic esters (lactones) is 1. The van der Waals surface area contributed by atoms with Gasteiger partial charge in [-0.15, -0.1) is 0 Å². The van der Waals surface area contributed by atoms with Crippen LogP contribution in [0, 0.1) is 0 Å². The quantitative estimate of drug-likeness (QED) is 0.779. The zero-order valence-corrected chi connectivity index (χ0v) is 10.6.